The molecule has 1 fully saturated rings. The van der Waals surface area contributed by atoms with Crippen molar-refractivity contribution >= 4 is 23.3 Å². The molecule has 1 aliphatic rings. The van der Waals surface area contributed by atoms with Crippen LogP contribution in [0.4, 0.5) is 11.6 Å². The van der Waals surface area contributed by atoms with Crippen LogP contribution in [0.5, 0.6) is 5.88 Å². The third kappa shape index (κ3) is 14.0. The van der Waals surface area contributed by atoms with Crippen LogP contribution in [-0.4, -0.2) is 130 Å². The molecule has 1 aliphatic heterocycles. The zero-order valence-electron chi connectivity index (χ0n) is 30.0. The van der Waals surface area contributed by atoms with Gasteiger partial charge in [-0.15, -0.1) is 0 Å². The van der Waals surface area contributed by atoms with E-state index in [1.807, 2.05) is 22.8 Å². The number of pyridine rings is 1. The Morgan fingerprint density at radius 1 is 0.961 bits per heavy atom. The number of esters is 1. The Morgan fingerprint density at radius 2 is 1.67 bits per heavy atom. The fourth-order valence-corrected chi connectivity index (χ4v) is 5.51. The molecule has 0 radical (unpaired) electrons. The van der Waals surface area contributed by atoms with Crippen molar-refractivity contribution in [3.63, 3.8) is 0 Å². The highest BCUT2D eigenvalue weighted by Crippen LogP contribution is 2.29. The lowest BCUT2D eigenvalue weighted by molar-refractivity contribution is -0.134. The molecule has 15 heteroatoms. The molecule has 2 N–H and O–H groups in total. The van der Waals surface area contributed by atoms with Gasteiger partial charge in [0.15, 0.2) is 5.65 Å². The van der Waals surface area contributed by atoms with Gasteiger partial charge in [-0.2, -0.15) is 9.61 Å². The fourth-order valence-electron chi connectivity index (χ4n) is 5.51. The van der Waals surface area contributed by atoms with Crippen LogP contribution in [0.2, 0.25) is 0 Å². The Balaban J connectivity index is 1.05. The number of ether oxygens (including phenoxy) is 7. The van der Waals surface area contributed by atoms with E-state index in [4.69, 9.17) is 33.4 Å². The summed E-state index contributed by atoms with van der Waals surface area (Å²) in [6, 6.07) is 6.20. The zero-order chi connectivity index (χ0) is 35.9. The fraction of sp³-hybridized carbons (Fsp3) is 0.611. The van der Waals surface area contributed by atoms with E-state index in [1.165, 1.54) is 19.6 Å². The topological polar surface area (TPSA) is 160 Å². The minimum Gasteiger partial charge on any atom is -0.475 e. The Bertz CT molecular complexity index is 1440. The third-order valence-electron chi connectivity index (χ3n) is 8.20. The van der Waals surface area contributed by atoms with Crippen molar-refractivity contribution < 1.29 is 43.1 Å². The van der Waals surface area contributed by atoms with E-state index < -0.39 is 5.97 Å². The number of piperidine rings is 1. The van der Waals surface area contributed by atoms with Gasteiger partial charge in [-0.3, -0.25) is 0 Å². The number of hydrogen-bond donors (Lipinski definition) is 2. The predicted molar refractivity (Wildman–Crippen MR) is 191 cm³/mol. The van der Waals surface area contributed by atoms with Gasteiger partial charge in [-0.25, -0.2) is 14.8 Å². The number of aromatic nitrogens is 4. The van der Waals surface area contributed by atoms with Crippen molar-refractivity contribution in [2.75, 3.05) is 103 Å². The Kier molecular flexibility index (Phi) is 18.5. The van der Waals surface area contributed by atoms with E-state index in [9.17, 15) is 9.90 Å². The van der Waals surface area contributed by atoms with Gasteiger partial charge in [0.25, 0.3) is 0 Å². The molecule has 3 aromatic rings. The maximum atomic E-state index is 10.9. The van der Waals surface area contributed by atoms with Gasteiger partial charge in [-0.05, 0) is 37.7 Å². The maximum Gasteiger partial charge on any atom is 0.330 e. The van der Waals surface area contributed by atoms with Crippen LogP contribution in [-0.2, 0) is 46.2 Å². The number of aliphatic hydroxyl groups excluding tert-OH is 1. The number of aliphatic hydroxyl groups is 1. The van der Waals surface area contributed by atoms with Crippen LogP contribution in [0.1, 0.15) is 43.7 Å². The lowest BCUT2D eigenvalue weighted by Gasteiger charge is -2.36. The summed E-state index contributed by atoms with van der Waals surface area (Å²) in [5.74, 6) is 1.92. The molecule has 3 aromatic heterocycles. The molecule has 51 heavy (non-hydrogen) atoms. The second-order valence-corrected chi connectivity index (χ2v) is 11.8. The molecular weight excluding hydrogens is 660 g/mol. The molecule has 1 saturated heterocycles. The number of anilines is 2. The first-order chi connectivity index (χ1) is 25.1. The second kappa shape index (κ2) is 23.6. The number of aryl methyl sites for hydroxylation is 1. The van der Waals surface area contributed by atoms with Crippen molar-refractivity contribution in [2.24, 2.45) is 0 Å². The van der Waals surface area contributed by atoms with E-state index >= 15 is 0 Å². The minimum absolute atomic E-state index is 0.173. The average molecular weight is 715 g/mol. The number of carbonyl (C=O) groups excluding carboxylic acids is 1. The van der Waals surface area contributed by atoms with Crippen molar-refractivity contribution in [1.29, 1.82) is 0 Å². The molecule has 1 atom stereocenters. The summed E-state index contributed by atoms with van der Waals surface area (Å²) in [6.07, 6.45) is 11.5. The number of rotatable bonds is 26. The van der Waals surface area contributed by atoms with Gasteiger partial charge < -0.3 is 48.5 Å². The Morgan fingerprint density at radius 3 is 2.31 bits per heavy atom. The van der Waals surface area contributed by atoms with Crippen molar-refractivity contribution in [3.8, 4) is 5.88 Å². The highest BCUT2D eigenvalue weighted by atomic mass is 16.6. The standard InChI is InChI=1S/C36H54N6O9/c1-3-30-28-39-42-32(25-33(40-36(30)42)41-12-5-4-7-31(41)11-13-43)37-26-29-9-10-34(38-27-29)51-24-23-50-22-21-49-20-19-48-18-17-47-16-15-46-14-6-8-35(44)45-2/h6,8-10,25,27-28,31,37,43H,3-5,7,11-24,26H2,1-2H3/b8-6+/t31-/m0/s1. The van der Waals surface area contributed by atoms with Crippen molar-refractivity contribution in [1.82, 2.24) is 19.6 Å². The second-order valence-electron chi connectivity index (χ2n) is 11.8. The number of fused-ring (bicyclic) bond motifs is 1. The van der Waals surface area contributed by atoms with Gasteiger partial charge in [-0.1, -0.05) is 19.1 Å². The molecule has 15 nitrogen and oxygen atoms in total. The van der Waals surface area contributed by atoms with Gasteiger partial charge in [0.05, 0.1) is 79.4 Å². The third-order valence-corrected chi connectivity index (χ3v) is 8.20. The van der Waals surface area contributed by atoms with E-state index in [2.05, 4.69) is 38.0 Å². The van der Waals surface area contributed by atoms with Crippen LogP contribution >= 0.6 is 0 Å². The number of nitrogens with one attached hydrogen (secondary N) is 1. The van der Waals surface area contributed by atoms with E-state index in [-0.39, 0.29) is 12.6 Å². The summed E-state index contributed by atoms with van der Waals surface area (Å²) in [7, 11) is 1.33. The maximum absolute atomic E-state index is 10.9. The van der Waals surface area contributed by atoms with Gasteiger partial charge in [0.2, 0.25) is 5.88 Å². The predicted octanol–water partition coefficient (Wildman–Crippen LogP) is 3.23. The molecule has 0 saturated carbocycles. The molecule has 0 bridgehead atoms. The number of methoxy groups -OCH3 is 1. The molecule has 0 unspecified atom stereocenters. The lowest BCUT2D eigenvalue weighted by Crippen LogP contribution is -2.40. The van der Waals surface area contributed by atoms with Crippen LogP contribution in [0.15, 0.2) is 42.7 Å². The molecule has 0 aromatic carbocycles. The molecular formula is C36H54N6O9. The quantitative estimate of drug-likeness (QED) is 0.0709. The zero-order valence-corrected chi connectivity index (χ0v) is 30.0. The van der Waals surface area contributed by atoms with Crippen LogP contribution in [0, 0.1) is 0 Å². The molecule has 4 heterocycles. The van der Waals surface area contributed by atoms with Crippen LogP contribution < -0.4 is 15.0 Å². The SMILES string of the molecule is CCc1cnn2c(NCc3ccc(OCCOCCOCCOCCOCCOC/C=C/C(=O)OC)nc3)cc(N3CCCC[C@H]3CCO)nc12. The largest absolute Gasteiger partial charge is 0.475 e. The summed E-state index contributed by atoms with van der Waals surface area (Å²) < 4.78 is 39.4. The highest BCUT2D eigenvalue weighted by Gasteiger charge is 2.25. The molecule has 0 spiro atoms. The monoisotopic (exact) mass is 714 g/mol. The van der Waals surface area contributed by atoms with E-state index in [0.717, 1.165) is 60.6 Å². The van der Waals surface area contributed by atoms with Crippen molar-refractivity contribution in [2.45, 2.75) is 51.6 Å². The number of carbonyl (C=O) groups is 1. The van der Waals surface area contributed by atoms with Crippen molar-refractivity contribution in [3.05, 3.63) is 53.9 Å². The number of nitrogens with zero attached hydrogens (tertiary/aromatic N) is 5. The molecule has 0 aliphatic carbocycles. The normalized spacial score (nSPS) is 14.8. The van der Waals surface area contributed by atoms with E-state index in [1.54, 1.807) is 12.3 Å². The summed E-state index contributed by atoms with van der Waals surface area (Å²) >= 11 is 0. The van der Waals surface area contributed by atoms with Gasteiger partial charge in [0, 0.05) is 55.7 Å². The summed E-state index contributed by atoms with van der Waals surface area (Å²) in [6.45, 7) is 8.59. The molecule has 4 rings (SSSR count). The van der Waals surface area contributed by atoms with Crippen LogP contribution in [0.3, 0.4) is 0 Å². The summed E-state index contributed by atoms with van der Waals surface area (Å²) in [5.41, 5.74) is 2.96. The summed E-state index contributed by atoms with van der Waals surface area (Å²) in [4.78, 5) is 22.7. The van der Waals surface area contributed by atoms with E-state index in [0.29, 0.717) is 85.1 Å². The number of hydrogen-bond acceptors (Lipinski definition) is 14. The van der Waals surface area contributed by atoms with Crippen LogP contribution in [0.25, 0.3) is 5.65 Å². The Hall–Kier alpha value is -3.86. The minimum atomic E-state index is -0.406. The average Bonchev–Trinajstić information content (AvgIpc) is 3.58. The summed E-state index contributed by atoms with van der Waals surface area (Å²) in [5, 5.41) is 17.8. The first kappa shape index (κ1) is 39.9. The smallest absolute Gasteiger partial charge is 0.330 e. The lowest BCUT2D eigenvalue weighted by atomic mass is 9.99. The van der Waals surface area contributed by atoms with Gasteiger partial charge in [0.1, 0.15) is 18.2 Å². The first-order valence-electron chi connectivity index (χ1n) is 17.8. The molecule has 282 valence electrons. The first-order valence-corrected chi connectivity index (χ1v) is 17.8. The van der Waals surface area contributed by atoms with Gasteiger partial charge >= 0.3 is 5.97 Å². The Labute approximate surface area is 300 Å². The molecule has 0 amide bonds. The highest BCUT2D eigenvalue weighted by molar-refractivity contribution is 5.81.